The smallest absolute Gasteiger partial charge is 0.350 e. The van der Waals surface area contributed by atoms with E-state index in [1.807, 2.05) is 6.07 Å². The van der Waals surface area contributed by atoms with Crippen LogP contribution in [0.25, 0.3) is 0 Å². The van der Waals surface area contributed by atoms with Crippen LogP contribution in [0.4, 0.5) is 5.13 Å². The van der Waals surface area contributed by atoms with E-state index in [0.717, 1.165) is 15.8 Å². The normalized spacial score (nSPS) is 15.9. The monoisotopic (exact) mass is 561 g/mol. The average Bonchev–Trinajstić information content (AvgIpc) is 3.41. The first kappa shape index (κ1) is 24.2. The lowest BCUT2D eigenvalue weighted by atomic mass is 9.95. The molecule has 1 aromatic carbocycles. The predicted molar refractivity (Wildman–Crippen MR) is 133 cm³/mol. The van der Waals surface area contributed by atoms with Gasteiger partial charge in [0.15, 0.2) is 10.9 Å². The van der Waals surface area contributed by atoms with Crippen LogP contribution in [0.5, 0.6) is 0 Å². The van der Waals surface area contributed by atoms with Gasteiger partial charge >= 0.3 is 5.97 Å². The number of carbonyl (C=O) groups excluding carboxylic acids is 3. The molecular weight excluding hydrogens is 542 g/mol. The third kappa shape index (κ3) is 4.19. The molecule has 0 aliphatic carbocycles. The van der Waals surface area contributed by atoms with Gasteiger partial charge in [-0.2, -0.15) is 0 Å². The lowest BCUT2D eigenvalue weighted by Crippen LogP contribution is -2.31. The Labute approximate surface area is 212 Å². The van der Waals surface area contributed by atoms with E-state index in [1.54, 1.807) is 45.9 Å². The van der Waals surface area contributed by atoms with Crippen molar-refractivity contribution >= 4 is 61.4 Å². The van der Waals surface area contributed by atoms with Crippen LogP contribution in [0.3, 0.4) is 0 Å². The van der Waals surface area contributed by atoms with E-state index >= 15 is 0 Å². The largest absolute Gasteiger partial charge is 0.503 e. The summed E-state index contributed by atoms with van der Waals surface area (Å²) in [5.74, 6) is -2.43. The van der Waals surface area contributed by atoms with E-state index in [1.165, 1.54) is 16.2 Å². The number of aliphatic hydroxyl groups excluding tert-OH is 1. The number of Topliss-reactive ketones (excluding diaryl/α,β-unsaturated/α-hetero) is 1. The number of esters is 1. The van der Waals surface area contributed by atoms with E-state index in [0.29, 0.717) is 26.8 Å². The van der Waals surface area contributed by atoms with Crippen molar-refractivity contribution in [2.75, 3.05) is 11.5 Å². The predicted octanol–water partition coefficient (Wildman–Crippen LogP) is 5.25. The topological polar surface area (TPSA) is 110 Å². The highest BCUT2D eigenvalue weighted by atomic mass is 79.9. The summed E-state index contributed by atoms with van der Waals surface area (Å²) < 4.78 is 5.83. The Morgan fingerprint density at radius 1 is 1.15 bits per heavy atom. The molecule has 4 rings (SSSR count). The first-order chi connectivity index (χ1) is 16.1. The maximum absolute atomic E-state index is 13.6. The first-order valence-electron chi connectivity index (χ1n) is 10.3. The van der Waals surface area contributed by atoms with Crippen LogP contribution in [-0.4, -0.2) is 39.3 Å². The Bertz CT molecular complexity index is 1360. The number of amides is 1. The molecule has 1 amide bonds. The summed E-state index contributed by atoms with van der Waals surface area (Å²) in [5.41, 5.74) is 1.47. The summed E-state index contributed by atoms with van der Waals surface area (Å²) in [6.45, 7) is 7.04. The van der Waals surface area contributed by atoms with Crippen LogP contribution < -0.4 is 4.90 Å². The SMILES string of the molecule is CCOC(=O)c1sc(N2C(=O)C(O)=C(C(=O)c3sc(C)nc3C)C2c2cccc(Br)c2)nc1C. The third-order valence-corrected chi connectivity index (χ3v) is 7.88. The first-order valence-corrected chi connectivity index (χ1v) is 12.7. The van der Waals surface area contributed by atoms with E-state index in [-0.39, 0.29) is 22.2 Å². The summed E-state index contributed by atoms with van der Waals surface area (Å²) in [6.07, 6.45) is 0. The number of rotatable bonds is 6. The fraction of sp³-hybridized carbons (Fsp3) is 0.261. The molecule has 0 saturated carbocycles. The minimum atomic E-state index is -0.945. The molecule has 0 radical (unpaired) electrons. The van der Waals surface area contributed by atoms with Gasteiger partial charge in [-0.3, -0.25) is 14.5 Å². The number of anilines is 1. The van der Waals surface area contributed by atoms with E-state index < -0.39 is 29.5 Å². The van der Waals surface area contributed by atoms with Gasteiger partial charge in [0.2, 0.25) is 5.78 Å². The average molecular weight is 562 g/mol. The number of hydrogen-bond donors (Lipinski definition) is 1. The zero-order valence-corrected chi connectivity index (χ0v) is 21.9. The number of hydrogen-bond acceptors (Lipinski definition) is 9. The van der Waals surface area contributed by atoms with Gasteiger partial charge in [-0.1, -0.05) is 39.4 Å². The zero-order valence-electron chi connectivity index (χ0n) is 18.7. The molecule has 3 aromatic rings. The van der Waals surface area contributed by atoms with Crippen molar-refractivity contribution in [3.05, 3.63) is 71.8 Å². The molecule has 0 saturated heterocycles. The van der Waals surface area contributed by atoms with Crippen molar-refractivity contribution < 1.29 is 24.2 Å². The molecule has 1 aliphatic heterocycles. The number of aryl methyl sites for hydroxylation is 3. The molecule has 1 unspecified atom stereocenters. The van der Waals surface area contributed by atoms with Crippen LogP contribution in [0.1, 0.15) is 54.3 Å². The number of ether oxygens (including phenoxy) is 1. The number of benzene rings is 1. The van der Waals surface area contributed by atoms with E-state index in [9.17, 15) is 19.5 Å². The minimum Gasteiger partial charge on any atom is -0.503 e. The fourth-order valence-corrected chi connectivity index (χ4v) is 6.04. The molecule has 1 N–H and O–H groups in total. The van der Waals surface area contributed by atoms with Crippen LogP contribution in [0.15, 0.2) is 40.1 Å². The fourth-order valence-electron chi connectivity index (χ4n) is 3.76. The quantitative estimate of drug-likeness (QED) is 0.323. The number of aromatic nitrogens is 2. The lowest BCUT2D eigenvalue weighted by Gasteiger charge is -2.24. The molecule has 11 heteroatoms. The second-order valence-corrected chi connectivity index (χ2v) is 10.6. The van der Waals surface area contributed by atoms with Gasteiger partial charge in [-0.25, -0.2) is 14.8 Å². The van der Waals surface area contributed by atoms with Gasteiger partial charge in [0.05, 0.1) is 39.5 Å². The molecule has 0 fully saturated rings. The van der Waals surface area contributed by atoms with E-state index in [4.69, 9.17) is 4.74 Å². The minimum absolute atomic E-state index is 0.0552. The molecule has 3 heterocycles. The van der Waals surface area contributed by atoms with Gasteiger partial charge in [-0.15, -0.1) is 11.3 Å². The third-order valence-electron chi connectivity index (χ3n) is 5.18. The molecular formula is C23H20BrN3O5S2. The highest BCUT2D eigenvalue weighted by Crippen LogP contribution is 2.44. The van der Waals surface area contributed by atoms with Crippen molar-refractivity contribution in [2.45, 2.75) is 33.7 Å². The molecule has 1 atom stereocenters. The van der Waals surface area contributed by atoms with Crippen LogP contribution >= 0.6 is 38.6 Å². The highest BCUT2D eigenvalue weighted by molar-refractivity contribution is 9.10. The number of aliphatic hydroxyl groups is 1. The number of thiazole rings is 2. The molecule has 0 spiro atoms. The Morgan fingerprint density at radius 3 is 2.47 bits per heavy atom. The van der Waals surface area contributed by atoms with Gasteiger partial charge < -0.3 is 9.84 Å². The van der Waals surface area contributed by atoms with Crippen molar-refractivity contribution in [1.82, 2.24) is 9.97 Å². The van der Waals surface area contributed by atoms with Crippen molar-refractivity contribution in [1.29, 1.82) is 0 Å². The van der Waals surface area contributed by atoms with Crippen molar-refractivity contribution in [2.24, 2.45) is 0 Å². The van der Waals surface area contributed by atoms with Crippen LogP contribution in [-0.2, 0) is 9.53 Å². The Balaban J connectivity index is 1.87. The summed E-state index contributed by atoms with van der Waals surface area (Å²) >= 11 is 5.62. The van der Waals surface area contributed by atoms with Crippen LogP contribution in [0, 0.1) is 20.8 Å². The lowest BCUT2D eigenvalue weighted by molar-refractivity contribution is -0.117. The van der Waals surface area contributed by atoms with Gasteiger partial charge in [0, 0.05) is 4.47 Å². The summed E-state index contributed by atoms with van der Waals surface area (Å²) in [4.78, 5) is 49.9. The summed E-state index contributed by atoms with van der Waals surface area (Å²) in [5, 5.41) is 11.8. The second-order valence-electron chi connectivity index (χ2n) is 7.50. The second kappa shape index (κ2) is 9.40. The van der Waals surface area contributed by atoms with Crippen LogP contribution in [0.2, 0.25) is 0 Å². The molecule has 1 aliphatic rings. The van der Waals surface area contributed by atoms with Crippen molar-refractivity contribution in [3.8, 4) is 0 Å². The number of ketones is 1. The maximum atomic E-state index is 13.6. The van der Waals surface area contributed by atoms with E-state index in [2.05, 4.69) is 25.9 Å². The highest BCUT2D eigenvalue weighted by Gasteiger charge is 2.46. The van der Waals surface area contributed by atoms with Crippen molar-refractivity contribution in [3.63, 3.8) is 0 Å². The Morgan fingerprint density at radius 2 is 1.85 bits per heavy atom. The number of carbonyl (C=O) groups is 3. The standard InChI is InChI=1S/C23H20BrN3O5S2/c1-5-32-22(31)20-11(3)26-23(34-20)27-16(13-7-6-8-14(24)9-13)15(18(29)21(27)30)17(28)19-10(2)25-12(4)33-19/h6-9,16,29H,5H2,1-4H3. The summed E-state index contributed by atoms with van der Waals surface area (Å²) in [7, 11) is 0. The number of nitrogens with zero attached hydrogens (tertiary/aromatic N) is 3. The zero-order chi connectivity index (χ0) is 24.7. The molecule has 176 valence electrons. The summed E-state index contributed by atoms with van der Waals surface area (Å²) in [6, 6.07) is 6.19. The van der Waals surface area contributed by atoms with Gasteiger partial charge in [0.1, 0.15) is 4.88 Å². The number of halogens is 1. The Kier molecular flexibility index (Phi) is 6.70. The maximum Gasteiger partial charge on any atom is 0.350 e. The molecule has 8 nitrogen and oxygen atoms in total. The molecule has 34 heavy (non-hydrogen) atoms. The van der Waals surface area contributed by atoms with Gasteiger partial charge in [0.25, 0.3) is 5.91 Å². The molecule has 2 aromatic heterocycles. The van der Waals surface area contributed by atoms with Gasteiger partial charge in [-0.05, 0) is 45.4 Å². The molecule has 0 bridgehead atoms. The Hall–Kier alpha value is -2.89.